The molecule has 1 saturated carbocycles. The molecule has 0 radical (unpaired) electrons. The topological polar surface area (TPSA) is 181 Å². The fourth-order valence-corrected chi connectivity index (χ4v) is 6.16. The number of rotatable bonds is 11. The van der Waals surface area contributed by atoms with E-state index < -0.39 is 21.6 Å². The Morgan fingerprint density at radius 3 is 2.00 bits per heavy atom. The molecular formula is C25H29N5O8P2. The number of aromatic nitrogens is 4. The van der Waals surface area contributed by atoms with Crippen molar-refractivity contribution in [2.75, 3.05) is 18.9 Å². The van der Waals surface area contributed by atoms with Crippen LogP contribution in [-0.4, -0.2) is 42.5 Å². The van der Waals surface area contributed by atoms with Crippen molar-refractivity contribution in [3.05, 3.63) is 72.3 Å². The summed E-state index contributed by atoms with van der Waals surface area (Å²) in [5, 5.41) is 0. The highest BCUT2D eigenvalue weighted by Crippen LogP contribution is 2.52. The van der Waals surface area contributed by atoms with E-state index in [-0.39, 0.29) is 42.5 Å². The van der Waals surface area contributed by atoms with Crippen molar-refractivity contribution < 1.29 is 37.0 Å². The van der Waals surface area contributed by atoms with Crippen LogP contribution < -0.4 is 14.8 Å². The third-order valence-corrected chi connectivity index (χ3v) is 8.59. The van der Waals surface area contributed by atoms with E-state index >= 15 is 0 Å². The molecule has 40 heavy (non-hydrogen) atoms. The maximum atomic E-state index is 12.7. The Morgan fingerprint density at radius 2 is 1.43 bits per heavy atom. The van der Waals surface area contributed by atoms with Gasteiger partial charge in [-0.15, -0.1) is 0 Å². The number of nitrogens with zero attached hydrogens (tertiary/aromatic N) is 4. The second-order valence-corrected chi connectivity index (χ2v) is 12.4. The lowest BCUT2D eigenvalue weighted by Gasteiger charge is -2.45. The summed E-state index contributed by atoms with van der Waals surface area (Å²) in [4.78, 5) is 33.2. The largest absolute Gasteiger partial charge is 0.527 e. The zero-order valence-electron chi connectivity index (χ0n) is 21.7. The molecule has 15 heteroatoms. The Hall–Kier alpha value is -3.31. The third kappa shape index (κ3) is 6.52. The molecule has 2 aromatic heterocycles. The Morgan fingerprint density at radius 1 is 0.875 bits per heavy atom. The van der Waals surface area contributed by atoms with Crippen LogP contribution in [0.4, 0.5) is 5.82 Å². The molecule has 0 bridgehead atoms. The second-order valence-electron chi connectivity index (χ2n) is 9.65. The van der Waals surface area contributed by atoms with Gasteiger partial charge in [0.05, 0.1) is 19.5 Å². The number of imidazole rings is 1. The fourth-order valence-electron chi connectivity index (χ4n) is 4.54. The minimum absolute atomic E-state index is 0.164. The van der Waals surface area contributed by atoms with Gasteiger partial charge in [-0.25, -0.2) is 24.1 Å². The average molecular weight is 589 g/mol. The van der Waals surface area contributed by atoms with Crippen molar-refractivity contribution in [2.45, 2.75) is 26.3 Å². The molecular weight excluding hydrogens is 560 g/mol. The lowest BCUT2D eigenvalue weighted by atomic mass is 9.70. The molecule has 5 atom stereocenters. The van der Waals surface area contributed by atoms with Crippen LogP contribution in [0.25, 0.3) is 11.2 Å². The minimum Gasteiger partial charge on any atom is -0.404 e. The molecule has 1 aliphatic rings. The first-order valence-corrected chi connectivity index (χ1v) is 15.4. The maximum Gasteiger partial charge on any atom is 0.527 e. The van der Waals surface area contributed by atoms with Crippen molar-refractivity contribution in [2.24, 2.45) is 11.8 Å². The number of benzene rings is 2. The highest BCUT2D eigenvalue weighted by molar-refractivity contribution is 7.48. The number of phosphoric ester groups is 2. The zero-order chi connectivity index (χ0) is 28.5. The van der Waals surface area contributed by atoms with E-state index in [0.717, 1.165) is 11.1 Å². The van der Waals surface area contributed by atoms with Gasteiger partial charge in [-0.2, -0.15) is 0 Å². The minimum atomic E-state index is -4.49. The molecule has 0 aliphatic heterocycles. The van der Waals surface area contributed by atoms with Gasteiger partial charge in [0.2, 0.25) is 0 Å². The Balaban J connectivity index is 1.30. The molecule has 2 aromatic carbocycles. The summed E-state index contributed by atoms with van der Waals surface area (Å²) in [5.74, 6) is -0.169. The third-order valence-electron chi connectivity index (χ3n) is 6.75. The predicted molar refractivity (Wildman–Crippen MR) is 146 cm³/mol. The highest BCUT2D eigenvalue weighted by Gasteiger charge is 2.45. The number of nitrogens with two attached hydrogens (primary N) is 1. The van der Waals surface area contributed by atoms with Crippen LogP contribution >= 0.6 is 15.6 Å². The standard InChI is InChI=1S/C25H29N5O8P2/c1-16-3-7-19(8-4-16)37-39(31,32)35-12-18-11-22(30-15-29-23-24(26)27-14-28-25(23)30)21(18)13-36-40(33,34)38-20-9-5-17(2)6-10-20/h3-10,14-15,18,21-22H,11-13H2,1-2H3,(H,31,32)(H,33,34)(H2,26,27,28)/t18-,21+,22-/m1/s1. The average Bonchev–Trinajstić information content (AvgIpc) is 3.31. The van der Waals surface area contributed by atoms with Gasteiger partial charge >= 0.3 is 15.6 Å². The lowest BCUT2D eigenvalue weighted by molar-refractivity contribution is -0.00444. The molecule has 2 unspecified atom stereocenters. The lowest BCUT2D eigenvalue weighted by Crippen LogP contribution is -2.43. The first-order valence-electron chi connectivity index (χ1n) is 12.4. The van der Waals surface area contributed by atoms with Crippen molar-refractivity contribution in [1.82, 2.24) is 19.5 Å². The number of hydrogen-bond acceptors (Lipinski definition) is 10. The number of nitrogen functional groups attached to an aromatic ring is 1. The molecule has 1 fully saturated rings. The molecule has 4 N–H and O–H groups in total. The first-order chi connectivity index (χ1) is 19.0. The maximum absolute atomic E-state index is 12.7. The number of anilines is 1. The van der Waals surface area contributed by atoms with Gasteiger partial charge in [0.25, 0.3) is 0 Å². The van der Waals surface area contributed by atoms with Gasteiger partial charge in [-0.1, -0.05) is 35.4 Å². The summed E-state index contributed by atoms with van der Waals surface area (Å²) in [5.41, 5.74) is 8.76. The van der Waals surface area contributed by atoms with Crippen LogP contribution in [0.3, 0.4) is 0 Å². The van der Waals surface area contributed by atoms with Crippen LogP contribution in [-0.2, 0) is 18.2 Å². The van der Waals surface area contributed by atoms with Crippen molar-refractivity contribution in [3.8, 4) is 11.5 Å². The number of fused-ring (bicyclic) bond motifs is 1. The predicted octanol–water partition coefficient (Wildman–Crippen LogP) is 4.59. The molecule has 0 spiro atoms. The monoisotopic (exact) mass is 589 g/mol. The van der Waals surface area contributed by atoms with Crippen LogP contribution in [0.5, 0.6) is 11.5 Å². The molecule has 13 nitrogen and oxygen atoms in total. The van der Waals surface area contributed by atoms with Crippen molar-refractivity contribution in [1.29, 1.82) is 0 Å². The van der Waals surface area contributed by atoms with Gasteiger partial charge in [-0.05, 0) is 50.5 Å². The molecule has 4 aromatic rings. The first kappa shape index (κ1) is 28.2. The van der Waals surface area contributed by atoms with E-state index in [1.807, 2.05) is 13.8 Å². The van der Waals surface area contributed by atoms with E-state index in [1.54, 1.807) is 59.4 Å². The Bertz CT molecular complexity index is 1580. The van der Waals surface area contributed by atoms with E-state index in [9.17, 15) is 18.9 Å². The van der Waals surface area contributed by atoms with Gasteiger partial charge < -0.3 is 19.3 Å². The van der Waals surface area contributed by atoms with Crippen LogP contribution in [0, 0.1) is 25.7 Å². The quantitative estimate of drug-likeness (QED) is 0.207. The zero-order valence-corrected chi connectivity index (χ0v) is 23.5. The van der Waals surface area contributed by atoms with Crippen molar-refractivity contribution >= 4 is 32.6 Å². The highest BCUT2D eigenvalue weighted by atomic mass is 31.2. The summed E-state index contributed by atoms with van der Waals surface area (Å²) in [6.45, 7) is 3.39. The van der Waals surface area contributed by atoms with Gasteiger partial charge in [0.15, 0.2) is 11.5 Å². The molecule has 0 amide bonds. The summed E-state index contributed by atoms with van der Waals surface area (Å²) in [6, 6.07) is 13.0. The van der Waals surface area contributed by atoms with Crippen LogP contribution in [0.2, 0.25) is 0 Å². The van der Waals surface area contributed by atoms with E-state index in [2.05, 4.69) is 15.0 Å². The number of phosphoric acid groups is 2. The van der Waals surface area contributed by atoms with E-state index in [0.29, 0.717) is 17.6 Å². The molecule has 2 heterocycles. The number of aryl methyl sites for hydroxylation is 2. The summed E-state index contributed by atoms with van der Waals surface area (Å²) < 4.78 is 48.2. The molecule has 1 aliphatic carbocycles. The SMILES string of the molecule is Cc1ccc(OP(=O)(O)OC[C@H]2C[C@@H](n3cnc4c(N)ncnc43)[C@H]2COP(=O)(O)Oc2ccc(C)cc2)cc1. The Labute approximate surface area is 230 Å². The fraction of sp³-hybridized carbons (Fsp3) is 0.320. The smallest absolute Gasteiger partial charge is 0.404 e. The van der Waals surface area contributed by atoms with E-state index in [1.165, 1.54) is 6.33 Å². The molecule has 0 saturated heterocycles. The second kappa shape index (κ2) is 11.3. The summed E-state index contributed by atoms with van der Waals surface area (Å²) in [6.07, 6.45) is 3.36. The van der Waals surface area contributed by atoms with Gasteiger partial charge in [-0.3, -0.25) is 18.8 Å². The van der Waals surface area contributed by atoms with Crippen molar-refractivity contribution in [3.63, 3.8) is 0 Å². The van der Waals surface area contributed by atoms with E-state index in [4.69, 9.17) is 23.8 Å². The number of hydrogen-bond donors (Lipinski definition) is 3. The molecule has 212 valence electrons. The van der Waals surface area contributed by atoms with Gasteiger partial charge in [0, 0.05) is 12.0 Å². The summed E-state index contributed by atoms with van der Waals surface area (Å²) in [7, 11) is -8.93. The normalized spacial score (nSPS) is 21.8. The van der Waals surface area contributed by atoms with Gasteiger partial charge in [0.1, 0.15) is 23.3 Å². The van der Waals surface area contributed by atoms with Crippen LogP contribution in [0.15, 0.2) is 61.2 Å². The summed E-state index contributed by atoms with van der Waals surface area (Å²) >= 11 is 0. The molecule has 5 rings (SSSR count). The van der Waals surface area contributed by atoms with Crippen LogP contribution in [0.1, 0.15) is 23.6 Å². The Kier molecular flexibility index (Phi) is 7.96.